The molecule has 0 aliphatic heterocycles. The minimum Gasteiger partial charge on any atom is -0.497 e. The van der Waals surface area contributed by atoms with E-state index in [1.807, 2.05) is 48.5 Å². The highest BCUT2D eigenvalue weighted by molar-refractivity contribution is 5.59. The number of methoxy groups -OCH3 is 1. The third-order valence-electron chi connectivity index (χ3n) is 5.23. The highest BCUT2D eigenvalue weighted by Crippen LogP contribution is 2.45. The predicted molar refractivity (Wildman–Crippen MR) is 98.9 cm³/mol. The van der Waals surface area contributed by atoms with E-state index >= 15 is 0 Å². The van der Waals surface area contributed by atoms with E-state index in [9.17, 15) is 5.26 Å². The topological polar surface area (TPSA) is 59.0 Å². The van der Waals surface area contributed by atoms with Crippen molar-refractivity contribution in [1.29, 1.82) is 5.26 Å². The lowest BCUT2D eigenvalue weighted by molar-refractivity contribution is 0.400. The molecule has 2 aromatic carbocycles. The summed E-state index contributed by atoms with van der Waals surface area (Å²) in [5, 5.41) is 9.78. The average molecular weight is 344 g/mol. The Kier molecular flexibility index (Phi) is 4.22. The van der Waals surface area contributed by atoms with Crippen molar-refractivity contribution in [3.63, 3.8) is 0 Å². The van der Waals surface area contributed by atoms with Gasteiger partial charge in [-0.05, 0) is 48.9 Å². The molecule has 4 heteroatoms. The van der Waals surface area contributed by atoms with Crippen LogP contribution in [0.4, 0.5) is 0 Å². The fraction of sp³-hybridized carbons (Fsp3) is 0.273. The Morgan fingerprint density at radius 3 is 2.81 bits per heavy atom. The summed E-state index contributed by atoms with van der Waals surface area (Å²) in [4.78, 5) is 4.38. The standard InChI is InChI=1S/C22H20N2O2/c1-25-18-9-10-19-17(12-18)13-22(19,14-23)11-5-8-20-21(26-15-24-20)16-6-3-2-4-7-16/h2-4,6-7,9-10,12,15H,5,8,11,13H2,1H3. The van der Waals surface area contributed by atoms with Crippen molar-refractivity contribution in [2.24, 2.45) is 0 Å². The van der Waals surface area contributed by atoms with Crippen LogP contribution in [0.15, 0.2) is 59.3 Å². The van der Waals surface area contributed by atoms with Gasteiger partial charge in [0.25, 0.3) is 0 Å². The molecule has 3 aromatic rings. The second-order valence-corrected chi connectivity index (χ2v) is 6.74. The summed E-state index contributed by atoms with van der Waals surface area (Å²) in [6.45, 7) is 0. The van der Waals surface area contributed by atoms with Crippen LogP contribution in [0.25, 0.3) is 11.3 Å². The fourth-order valence-corrected chi connectivity index (χ4v) is 3.83. The molecule has 0 fully saturated rings. The molecule has 0 radical (unpaired) electrons. The van der Waals surface area contributed by atoms with Crippen LogP contribution in [-0.4, -0.2) is 12.1 Å². The molecular weight excluding hydrogens is 324 g/mol. The van der Waals surface area contributed by atoms with Crippen molar-refractivity contribution in [3.05, 3.63) is 71.7 Å². The second kappa shape index (κ2) is 6.68. The molecule has 1 unspecified atom stereocenters. The molecule has 4 rings (SSSR count). The van der Waals surface area contributed by atoms with E-state index in [-0.39, 0.29) is 5.41 Å². The summed E-state index contributed by atoms with van der Waals surface area (Å²) in [7, 11) is 1.67. The third-order valence-corrected chi connectivity index (χ3v) is 5.23. The first kappa shape index (κ1) is 16.4. The Bertz CT molecular complexity index is 956. The van der Waals surface area contributed by atoms with Crippen LogP contribution in [0.2, 0.25) is 0 Å². The van der Waals surface area contributed by atoms with Gasteiger partial charge in [-0.25, -0.2) is 4.98 Å². The molecule has 0 saturated heterocycles. The van der Waals surface area contributed by atoms with Gasteiger partial charge in [0, 0.05) is 5.56 Å². The summed E-state index contributed by atoms with van der Waals surface area (Å²) >= 11 is 0. The zero-order valence-corrected chi connectivity index (χ0v) is 14.7. The van der Waals surface area contributed by atoms with E-state index in [1.165, 1.54) is 12.0 Å². The van der Waals surface area contributed by atoms with Crippen LogP contribution in [0.5, 0.6) is 5.75 Å². The first-order valence-corrected chi connectivity index (χ1v) is 8.82. The Morgan fingerprint density at radius 2 is 2.08 bits per heavy atom. The zero-order valence-electron chi connectivity index (χ0n) is 14.7. The molecule has 1 aromatic heterocycles. The molecule has 0 N–H and O–H groups in total. The molecule has 1 heterocycles. The van der Waals surface area contributed by atoms with Gasteiger partial charge in [-0.3, -0.25) is 0 Å². The molecule has 0 bridgehead atoms. The molecule has 1 aliphatic carbocycles. The molecule has 1 aliphatic rings. The monoisotopic (exact) mass is 344 g/mol. The maximum atomic E-state index is 9.78. The molecule has 0 saturated carbocycles. The molecule has 4 nitrogen and oxygen atoms in total. The number of benzene rings is 2. The molecular formula is C22H20N2O2. The van der Waals surface area contributed by atoms with Crippen LogP contribution >= 0.6 is 0 Å². The van der Waals surface area contributed by atoms with Gasteiger partial charge in [-0.2, -0.15) is 5.26 Å². The van der Waals surface area contributed by atoms with E-state index in [0.717, 1.165) is 54.0 Å². The van der Waals surface area contributed by atoms with Crippen molar-refractivity contribution < 1.29 is 9.15 Å². The van der Waals surface area contributed by atoms with Gasteiger partial charge in [-0.15, -0.1) is 0 Å². The minimum absolute atomic E-state index is 0.377. The van der Waals surface area contributed by atoms with Crippen molar-refractivity contribution >= 4 is 0 Å². The maximum absolute atomic E-state index is 9.78. The SMILES string of the molecule is COc1ccc2c(c1)CC2(C#N)CCCc1ncoc1-c1ccccc1. The zero-order chi connectivity index (χ0) is 18.0. The lowest BCUT2D eigenvalue weighted by atomic mass is 9.62. The van der Waals surface area contributed by atoms with Crippen LogP contribution in [0.1, 0.15) is 29.7 Å². The predicted octanol–water partition coefficient (Wildman–Crippen LogP) is 4.69. The van der Waals surface area contributed by atoms with Crippen molar-refractivity contribution in [2.75, 3.05) is 7.11 Å². The van der Waals surface area contributed by atoms with Gasteiger partial charge >= 0.3 is 0 Å². The number of hydrogen-bond donors (Lipinski definition) is 0. The normalized spacial score (nSPS) is 17.8. The molecule has 130 valence electrons. The Hall–Kier alpha value is -3.06. The fourth-order valence-electron chi connectivity index (χ4n) is 3.83. The number of hydrogen-bond acceptors (Lipinski definition) is 4. The van der Waals surface area contributed by atoms with Gasteiger partial charge in [0.15, 0.2) is 12.2 Å². The number of aromatic nitrogens is 1. The highest BCUT2D eigenvalue weighted by Gasteiger charge is 2.42. The first-order chi connectivity index (χ1) is 12.8. The molecule has 0 amide bonds. The number of fused-ring (bicyclic) bond motifs is 1. The van der Waals surface area contributed by atoms with E-state index < -0.39 is 0 Å². The maximum Gasteiger partial charge on any atom is 0.181 e. The summed E-state index contributed by atoms with van der Waals surface area (Å²) < 4.78 is 10.9. The van der Waals surface area contributed by atoms with Crippen LogP contribution in [-0.2, 0) is 18.3 Å². The van der Waals surface area contributed by atoms with Gasteiger partial charge < -0.3 is 9.15 Å². The van der Waals surface area contributed by atoms with Crippen molar-refractivity contribution in [2.45, 2.75) is 31.1 Å². The Labute approximate surface area is 153 Å². The quantitative estimate of drug-likeness (QED) is 0.651. The molecule has 1 atom stereocenters. The minimum atomic E-state index is -0.377. The largest absolute Gasteiger partial charge is 0.497 e. The number of nitrogens with zero attached hydrogens (tertiary/aromatic N) is 2. The Balaban J connectivity index is 1.45. The first-order valence-electron chi connectivity index (χ1n) is 8.82. The number of rotatable bonds is 6. The highest BCUT2D eigenvalue weighted by atomic mass is 16.5. The average Bonchev–Trinajstić information content (AvgIpc) is 3.14. The molecule has 26 heavy (non-hydrogen) atoms. The number of aryl methyl sites for hydroxylation is 1. The number of ether oxygens (including phenoxy) is 1. The van der Waals surface area contributed by atoms with Crippen LogP contribution in [0, 0.1) is 11.3 Å². The van der Waals surface area contributed by atoms with Crippen LogP contribution in [0.3, 0.4) is 0 Å². The lowest BCUT2D eigenvalue weighted by Crippen LogP contribution is -2.37. The van der Waals surface area contributed by atoms with Crippen molar-refractivity contribution in [1.82, 2.24) is 4.98 Å². The van der Waals surface area contributed by atoms with Crippen molar-refractivity contribution in [3.8, 4) is 23.1 Å². The lowest BCUT2D eigenvalue weighted by Gasteiger charge is -2.38. The van der Waals surface area contributed by atoms with E-state index in [2.05, 4.69) is 11.1 Å². The summed E-state index contributed by atoms with van der Waals surface area (Å²) in [5.41, 5.74) is 3.98. The molecule has 0 spiro atoms. The van der Waals surface area contributed by atoms with Crippen LogP contribution < -0.4 is 4.74 Å². The second-order valence-electron chi connectivity index (χ2n) is 6.74. The van der Waals surface area contributed by atoms with Gasteiger partial charge in [0.2, 0.25) is 0 Å². The van der Waals surface area contributed by atoms with Gasteiger partial charge in [0.05, 0.1) is 24.3 Å². The van der Waals surface area contributed by atoms with Gasteiger partial charge in [0.1, 0.15) is 5.75 Å². The van der Waals surface area contributed by atoms with E-state index in [1.54, 1.807) is 7.11 Å². The Morgan fingerprint density at radius 1 is 1.23 bits per heavy atom. The summed E-state index contributed by atoms with van der Waals surface area (Å²) in [6, 6.07) is 18.6. The third kappa shape index (κ3) is 2.76. The number of nitriles is 1. The smallest absolute Gasteiger partial charge is 0.181 e. The van der Waals surface area contributed by atoms with E-state index in [0.29, 0.717) is 0 Å². The van der Waals surface area contributed by atoms with Gasteiger partial charge in [-0.1, -0.05) is 36.4 Å². The summed E-state index contributed by atoms with van der Waals surface area (Å²) in [6.07, 6.45) is 4.81. The summed E-state index contributed by atoms with van der Waals surface area (Å²) in [5.74, 6) is 1.68. The van der Waals surface area contributed by atoms with E-state index in [4.69, 9.17) is 9.15 Å². The number of oxazole rings is 1.